The molecular weight excluding hydrogens is 356 g/mol. The van der Waals surface area contributed by atoms with Gasteiger partial charge in [0.05, 0.1) is 11.0 Å². The number of carbonyl (C=O) groups is 2. The zero-order valence-corrected chi connectivity index (χ0v) is 15.7. The number of piperidine rings is 1. The molecule has 3 aromatic rings. The first-order chi connectivity index (χ1) is 13.6. The minimum absolute atomic E-state index is 0.117. The van der Waals surface area contributed by atoms with Crippen molar-refractivity contribution in [3.63, 3.8) is 0 Å². The number of nitrogens with one attached hydrogen (secondary N) is 1. The molecule has 4 rings (SSSR count). The molecule has 1 atom stereocenters. The van der Waals surface area contributed by atoms with E-state index in [4.69, 9.17) is 5.73 Å². The van der Waals surface area contributed by atoms with E-state index in [1.807, 2.05) is 29.2 Å². The number of hydrogen-bond donors (Lipinski definition) is 2. The molecular formula is C20H24N6O2. The van der Waals surface area contributed by atoms with E-state index in [2.05, 4.69) is 15.0 Å². The fraction of sp³-hybridized carbons (Fsp3) is 0.400. The molecule has 1 aliphatic heterocycles. The molecule has 1 saturated heterocycles. The van der Waals surface area contributed by atoms with E-state index in [-0.39, 0.29) is 18.4 Å². The number of primary amides is 1. The van der Waals surface area contributed by atoms with Crippen LogP contribution >= 0.6 is 0 Å². The molecule has 0 unspecified atom stereocenters. The SMILES string of the molecule is NC(=O)Cn1ccnc1[C@@H]1CCCN(C(=O)CCc2nc3ccccc3[nH]2)C1. The van der Waals surface area contributed by atoms with Crippen LogP contribution in [0, 0.1) is 0 Å². The monoisotopic (exact) mass is 380 g/mol. The first-order valence-corrected chi connectivity index (χ1v) is 9.61. The van der Waals surface area contributed by atoms with Gasteiger partial charge in [-0.1, -0.05) is 12.1 Å². The van der Waals surface area contributed by atoms with Crippen molar-refractivity contribution in [2.24, 2.45) is 5.73 Å². The lowest BCUT2D eigenvalue weighted by Crippen LogP contribution is -2.40. The van der Waals surface area contributed by atoms with Gasteiger partial charge in [-0.2, -0.15) is 0 Å². The van der Waals surface area contributed by atoms with Crippen LogP contribution in [0.1, 0.15) is 36.8 Å². The molecule has 3 heterocycles. The zero-order chi connectivity index (χ0) is 19.5. The number of nitrogens with zero attached hydrogens (tertiary/aromatic N) is 4. The van der Waals surface area contributed by atoms with E-state index >= 15 is 0 Å². The second-order valence-corrected chi connectivity index (χ2v) is 7.26. The molecule has 28 heavy (non-hydrogen) atoms. The topological polar surface area (TPSA) is 110 Å². The summed E-state index contributed by atoms with van der Waals surface area (Å²) >= 11 is 0. The van der Waals surface area contributed by atoms with Crippen LogP contribution in [0.25, 0.3) is 11.0 Å². The van der Waals surface area contributed by atoms with Crippen LogP contribution < -0.4 is 5.73 Å². The number of para-hydroxylation sites is 2. The first kappa shape index (κ1) is 18.2. The molecule has 8 heteroatoms. The lowest BCUT2D eigenvalue weighted by Gasteiger charge is -2.32. The van der Waals surface area contributed by atoms with E-state index in [0.717, 1.165) is 42.1 Å². The van der Waals surface area contributed by atoms with Gasteiger partial charge in [-0.3, -0.25) is 9.59 Å². The van der Waals surface area contributed by atoms with Crippen molar-refractivity contribution in [2.75, 3.05) is 13.1 Å². The van der Waals surface area contributed by atoms with E-state index in [1.165, 1.54) is 0 Å². The molecule has 0 radical (unpaired) electrons. The number of likely N-dealkylation sites (tertiary alicyclic amines) is 1. The van der Waals surface area contributed by atoms with Gasteiger partial charge in [0, 0.05) is 44.2 Å². The number of H-pyrrole nitrogens is 1. The maximum absolute atomic E-state index is 12.7. The van der Waals surface area contributed by atoms with Crippen molar-refractivity contribution >= 4 is 22.8 Å². The predicted octanol–water partition coefficient (Wildman–Crippen LogP) is 1.58. The van der Waals surface area contributed by atoms with Crippen LogP contribution in [0.15, 0.2) is 36.7 Å². The third-order valence-corrected chi connectivity index (χ3v) is 5.23. The smallest absolute Gasteiger partial charge is 0.237 e. The molecule has 1 aromatic carbocycles. The Hall–Kier alpha value is -3.16. The quantitative estimate of drug-likeness (QED) is 0.676. The highest BCUT2D eigenvalue weighted by molar-refractivity contribution is 5.77. The summed E-state index contributed by atoms with van der Waals surface area (Å²) in [4.78, 5) is 38.1. The normalized spacial score (nSPS) is 17.1. The summed E-state index contributed by atoms with van der Waals surface area (Å²) < 4.78 is 1.79. The van der Waals surface area contributed by atoms with Crippen molar-refractivity contribution in [1.82, 2.24) is 24.4 Å². The number of carbonyl (C=O) groups excluding carboxylic acids is 2. The minimum Gasteiger partial charge on any atom is -0.368 e. The summed E-state index contributed by atoms with van der Waals surface area (Å²) in [6.45, 7) is 1.49. The van der Waals surface area contributed by atoms with Crippen molar-refractivity contribution in [2.45, 2.75) is 38.1 Å². The third-order valence-electron chi connectivity index (χ3n) is 5.23. The molecule has 1 aliphatic rings. The van der Waals surface area contributed by atoms with Gasteiger partial charge in [0.15, 0.2) is 0 Å². The van der Waals surface area contributed by atoms with Gasteiger partial charge >= 0.3 is 0 Å². The van der Waals surface area contributed by atoms with Gasteiger partial charge in [-0.15, -0.1) is 0 Å². The number of aromatic nitrogens is 4. The summed E-state index contributed by atoms with van der Waals surface area (Å²) in [6.07, 6.45) is 6.32. The lowest BCUT2D eigenvalue weighted by molar-refractivity contribution is -0.132. The Morgan fingerprint density at radius 1 is 1.29 bits per heavy atom. The van der Waals surface area contributed by atoms with Crippen molar-refractivity contribution in [3.8, 4) is 0 Å². The van der Waals surface area contributed by atoms with E-state index in [9.17, 15) is 9.59 Å². The van der Waals surface area contributed by atoms with Crippen LogP contribution in [-0.4, -0.2) is 49.3 Å². The second-order valence-electron chi connectivity index (χ2n) is 7.26. The van der Waals surface area contributed by atoms with Gasteiger partial charge in [0.2, 0.25) is 11.8 Å². The van der Waals surface area contributed by atoms with Gasteiger partial charge in [-0.25, -0.2) is 9.97 Å². The highest BCUT2D eigenvalue weighted by Crippen LogP contribution is 2.26. The maximum Gasteiger partial charge on any atom is 0.237 e. The standard InChI is InChI=1S/C20H24N6O2/c21-17(27)13-26-11-9-22-20(26)14-4-3-10-25(12-14)19(28)8-7-18-23-15-5-1-2-6-16(15)24-18/h1-2,5-6,9,11,14H,3-4,7-8,10,12-13H2,(H2,21,27)(H,23,24)/t14-/m1/s1. The number of aryl methyl sites for hydroxylation is 1. The van der Waals surface area contributed by atoms with Crippen LogP contribution in [0.3, 0.4) is 0 Å². The van der Waals surface area contributed by atoms with Crippen molar-refractivity contribution in [3.05, 3.63) is 48.3 Å². The molecule has 0 bridgehead atoms. The van der Waals surface area contributed by atoms with Crippen molar-refractivity contribution < 1.29 is 9.59 Å². The number of aromatic amines is 1. The van der Waals surface area contributed by atoms with Crippen molar-refractivity contribution in [1.29, 1.82) is 0 Å². The Morgan fingerprint density at radius 2 is 2.14 bits per heavy atom. The van der Waals surface area contributed by atoms with Gasteiger partial charge in [-0.05, 0) is 25.0 Å². The van der Waals surface area contributed by atoms with Gasteiger partial charge in [0.25, 0.3) is 0 Å². The van der Waals surface area contributed by atoms with Gasteiger partial charge < -0.3 is 20.2 Å². The Labute approximate surface area is 162 Å². The molecule has 2 amide bonds. The molecule has 2 aromatic heterocycles. The largest absolute Gasteiger partial charge is 0.368 e. The number of amides is 2. The average molecular weight is 380 g/mol. The minimum atomic E-state index is -0.395. The van der Waals surface area contributed by atoms with Gasteiger partial charge in [0.1, 0.15) is 18.2 Å². The molecule has 0 aliphatic carbocycles. The fourth-order valence-electron chi connectivity index (χ4n) is 3.90. The molecule has 1 fully saturated rings. The van der Waals surface area contributed by atoms with E-state index < -0.39 is 5.91 Å². The van der Waals surface area contributed by atoms with E-state index in [0.29, 0.717) is 19.4 Å². The lowest BCUT2D eigenvalue weighted by atomic mass is 9.96. The third kappa shape index (κ3) is 3.90. The number of rotatable bonds is 6. The average Bonchev–Trinajstić information content (AvgIpc) is 3.32. The Balaban J connectivity index is 1.38. The van der Waals surface area contributed by atoms with Crippen LogP contribution in [0.5, 0.6) is 0 Å². The number of imidazole rings is 2. The number of benzene rings is 1. The summed E-state index contributed by atoms with van der Waals surface area (Å²) in [5.74, 6) is 1.51. The second kappa shape index (κ2) is 7.84. The van der Waals surface area contributed by atoms with Crippen LogP contribution in [0.4, 0.5) is 0 Å². The number of nitrogens with two attached hydrogens (primary N) is 1. The zero-order valence-electron chi connectivity index (χ0n) is 15.7. The Kier molecular flexibility index (Phi) is 5.10. The highest BCUT2D eigenvalue weighted by Gasteiger charge is 2.27. The summed E-state index contributed by atoms with van der Waals surface area (Å²) in [5.41, 5.74) is 7.23. The summed E-state index contributed by atoms with van der Waals surface area (Å²) in [6, 6.07) is 7.86. The van der Waals surface area contributed by atoms with Crippen LogP contribution in [-0.2, 0) is 22.6 Å². The predicted molar refractivity (Wildman–Crippen MR) is 104 cm³/mol. The molecule has 3 N–H and O–H groups in total. The van der Waals surface area contributed by atoms with Crippen LogP contribution in [0.2, 0.25) is 0 Å². The Morgan fingerprint density at radius 3 is 2.96 bits per heavy atom. The fourth-order valence-corrected chi connectivity index (χ4v) is 3.90. The molecule has 0 saturated carbocycles. The maximum atomic E-state index is 12.7. The molecule has 0 spiro atoms. The summed E-state index contributed by atoms with van der Waals surface area (Å²) in [5, 5.41) is 0. The molecule has 8 nitrogen and oxygen atoms in total. The highest BCUT2D eigenvalue weighted by atomic mass is 16.2. The van der Waals surface area contributed by atoms with E-state index in [1.54, 1.807) is 17.0 Å². The number of hydrogen-bond acceptors (Lipinski definition) is 4. The first-order valence-electron chi connectivity index (χ1n) is 9.61. The Bertz CT molecular complexity index is 958. The summed E-state index contributed by atoms with van der Waals surface area (Å²) in [7, 11) is 0. The number of fused-ring (bicyclic) bond motifs is 1. The molecule has 146 valence electrons.